The summed E-state index contributed by atoms with van der Waals surface area (Å²) in [5.74, 6) is -0.594. The molecule has 6 heteroatoms. The molecular formula is C15H10N4O2. The molecule has 2 heterocycles. The van der Waals surface area contributed by atoms with Crippen molar-refractivity contribution in [2.45, 2.75) is 0 Å². The first kappa shape index (κ1) is 11.8. The van der Waals surface area contributed by atoms with Gasteiger partial charge in [0.05, 0.1) is 22.3 Å². The maximum atomic E-state index is 12.1. The van der Waals surface area contributed by atoms with E-state index in [4.69, 9.17) is 0 Å². The molecule has 0 bridgehead atoms. The summed E-state index contributed by atoms with van der Waals surface area (Å²) >= 11 is 0. The number of carbonyl (C=O) groups excluding carboxylic acids is 2. The van der Waals surface area contributed by atoms with Crippen LogP contribution in [0.1, 0.15) is 20.7 Å². The fourth-order valence-corrected chi connectivity index (χ4v) is 2.54. The predicted molar refractivity (Wildman–Crippen MR) is 75.3 cm³/mol. The number of aromatic nitrogens is 3. The Bertz CT molecular complexity index is 899. The third-order valence-electron chi connectivity index (χ3n) is 3.66. The van der Waals surface area contributed by atoms with Crippen molar-refractivity contribution >= 4 is 22.8 Å². The second-order valence-corrected chi connectivity index (χ2v) is 4.89. The van der Waals surface area contributed by atoms with Gasteiger partial charge in [-0.2, -0.15) is 0 Å². The van der Waals surface area contributed by atoms with Gasteiger partial charge in [0.25, 0.3) is 11.8 Å². The molecule has 0 N–H and O–H groups in total. The molecule has 0 fully saturated rings. The molecule has 21 heavy (non-hydrogen) atoms. The molecular weight excluding hydrogens is 268 g/mol. The summed E-state index contributed by atoms with van der Waals surface area (Å²) in [6.45, 7) is 0. The molecule has 0 aliphatic carbocycles. The summed E-state index contributed by atoms with van der Waals surface area (Å²) in [7, 11) is 1.48. The monoisotopic (exact) mass is 278 g/mol. The number of imide groups is 1. The maximum absolute atomic E-state index is 12.1. The highest BCUT2D eigenvalue weighted by atomic mass is 16.2. The van der Waals surface area contributed by atoms with Gasteiger partial charge >= 0.3 is 0 Å². The van der Waals surface area contributed by atoms with Gasteiger partial charge in [-0.3, -0.25) is 14.5 Å². The Hall–Kier alpha value is -3.02. The van der Waals surface area contributed by atoms with Crippen molar-refractivity contribution in [3.8, 4) is 5.69 Å². The average molecular weight is 278 g/mol. The molecule has 0 unspecified atom stereocenters. The second-order valence-electron chi connectivity index (χ2n) is 4.89. The SMILES string of the molecule is CN1C(=O)c2cc3nnn(-c4ccccc4)c3cc2C1=O. The zero-order valence-electron chi connectivity index (χ0n) is 11.1. The Morgan fingerprint density at radius 3 is 2.33 bits per heavy atom. The van der Waals surface area contributed by atoms with E-state index in [9.17, 15) is 9.59 Å². The van der Waals surface area contributed by atoms with Crippen LogP contribution in [0.2, 0.25) is 0 Å². The van der Waals surface area contributed by atoms with E-state index in [0.717, 1.165) is 10.6 Å². The molecule has 1 aliphatic heterocycles. The van der Waals surface area contributed by atoms with Crippen molar-refractivity contribution < 1.29 is 9.59 Å². The minimum Gasteiger partial charge on any atom is -0.277 e. The Morgan fingerprint density at radius 1 is 0.952 bits per heavy atom. The number of hydrogen-bond acceptors (Lipinski definition) is 4. The summed E-state index contributed by atoms with van der Waals surface area (Å²) < 4.78 is 1.66. The van der Waals surface area contributed by atoms with Gasteiger partial charge in [-0.25, -0.2) is 4.68 Å². The highest BCUT2D eigenvalue weighted by molar-refractivity contribution is 6.22. The van der Waals surface area contributed by atoms with Crippen LogP contribution in [0, 0.1) is 0 Å². The number of para-hydroxylation sites is 1. The lowest BCUT2D eigenvalue weighted by molar-refractivity contribution is 0.0693. The lowest BCUT2D eigenvalue weighted by Crippen LogP contribution is -2.24. The van der Waals surface area contributed by atoms with Crippen LogP contribution in [0.15, 0.2) is 42.5 Å². The number of benzene rings is 2. The van der Waals surface area contributed by atoms with E-state index in [1.54, 1.807) is 16.8 Å². The molecule has 0 spiro atoms. The Labute approximate surface area is 119 Å². The summed E-state index contributed by atoms with van der Waals surface area (Å²) in [4.78, 5) is 25.2. The van der Waals surface area contributed by atoms with Crippen molar-refractivity contribution in [3.05, 3.63) is 53.6 Å². The van der Waals surface area contributed by atoms with Crippen LogP contribution >= 0.6 is 0 Å². The van der Waals surface area contributed by atoms with E-state index >= 15 is 0 Å². The summed E-state index contributed by atoms with van der Waals surface area (Å²) in [5.41, 5.74) is 2.93. The van der Waals surface area contributed by atoms with Crippen LogP contribution in [0.5, 0.6) is 0 Å². The lowest BCUT2D eigenvalue weighted by Gasteiger charge is -2.03. The Balaban J connectivity index is 1.99. The lowest BCUT2D eigenvalue weighted by atomic mass is 10.1. The topological polar surface area (TPSA) is 68.1 Å². The van der Waals surface area contributed by atoms with E-state index in [1.807, 2.05) is 30.3 Å². The number of amides is 2. The Kier molecular flexibility index (Phi) is 2.24. The van der Waals surface area contributed by atoms with E-state index in [1.165, 1.54) is 7.05 Å². The molecule has 1 aromatic heterocycles. The zero-order valence-corrected chi connectivity index (χ0v) is 11.1. The normalized spacial score (nSPS) is 14.0. The number of fused-ring (bicyclic) bond motifs is 2. The first-order valence-corrected chi connectivity index (χ1v) is 6.44. The highest BCUT2D eigenvalue weighted by Crippen LogP contribution is 2.27. The van der Waals surface area contributed by atoms with Crippen LogP contribution in [0.25, 0.3) is 16.7 Å². The van der Waals surface area contributed by atoms with E-state index in [0.29, 0.717) is 22.2 Å². The van der Waals surface area contributed by atoms with E-state index < -0.39 is 0 Å². The van der Waals surface area contributed by atoms with Gasteiger partial charge in [0.2, 0.25) is 0 Å². The van der Waals surface area contributed by atoms with Gasteiger partial charge in [-0.1, -0.05) is 23.4 Å². The maximum Gasteiger partial charge on any atom is 0.261 e. The molecule has 2 aromatic carbocycles. The highest BCUT2D eigenvalue weighted by Gasteiger charge is 2.33. The van der Waals surface area contributed by atoms with Crippen molar-refractivity contribution in [1.29, 1.82) is 0 Å². The van der Waals surface area contributed by atoms with Gasteiger partial charge in [-0.05, 0) is 24.3 Å². The summed E-state index contributed by atoms with van der Waals surface area (Å²) in [6.07, 6.45) is 0. The quantitative estimate of drug-likeness (QED) is 0.635. The molecule has 0 radical (unpaired) electrons. The zero-order chi connectivity index (χ0) is 14.6. The van der Waals surface area contributed by atoms with Crippen LogP contribution in [0.3, 0.4) is 0 Å². The van der Waals surface area contributed by atoms with Crippen LogP contribution in [-0.4, -0.2) is 38.8 Å². The number of hydrogen-bond donors (Lipinski definition) is 0. The summed E-state index contributed by atoms with van der Waals surface area (Å²) in [5, 5.41) is 8.19. The van der Waals surface area contributed by atoms with Crippen LogP contribution < -0.4 is 0 Å². The number of carbonyl (C=O) groups is 2. The van der Waals surface area contributed by atoms with Gasteiger partial charge < -0.3 is 0 Å². The molecule has 6 nitrogen and oxygen atoms in total. The fourth-order valence-electron chi connectivity index (χ4n) is 2.54. The first-order chi connectivity index (χ1) is 10.2. The minimum atomic E-state index is -0.300. The minimum absolute atomic E-state index is 0.294. The van der Waals surface area contributed by atoms with Gasteiger partial charge in [0.15, 0.2) is 0 Å². The molecule has 1 aliphatic rings. The number of rotatable bonds is 1. The molecule has 2 amide bonds. The van der Waals surface area contributed by atoms with Crippen molar-refractivity contribution in [2.24, 2.45) is 0 Å². The number of nitrogens with zero attached hydrogens (tertiary/aromatic N) is 4. The van der Waals surface area contributed by atoms with Crippen molar-refractivity contribution in [1.82, 2.24) is 19.9 Å². The molecule has 102 valence electrons. The third-order valence-corrected chi connectivity index (χ3v) is 3.66. The molecule has 4 rings (SSSR count). The first-order valence-electron chi connectivity index (χ1n) is 6.44. The van der Waals surface area contributed by atoms with Gasteiger partial charge in [-0.15, -0.1) is 5.10 Å². The van der Waals surface area contributed by atoms with Crippen molar-refractivity contribution in [3.63, 3.8) is 0 Å². The predicted octanol–water partition coefficient (Wildman–Crippen LogP) is 1.65. The molecule has 0 atom stereocenters. The van der Waals surface area contributed by atoms with Crippen LogP contribution in [-0.2, 0) is 0 Å². The van der Waals surface area contributed by atoms with E-state index in [-0.39, 0.29) is 11.8 Å². The second kappa shape index (κ2) is 3.99. The molecule has 0 saturated heterocycles. The van der Waals surface area contributed by atoms with Crippen LogP contribution in [0.4, 0.5) is 0 Å². The standard InChI is InChI=1S/C15H10N4O2/c1-18-14(20)10-7-12-13(8-11(10)15(18)21)19(17-16-12)9-5-3-2-4-6-9/h2-8H,1H3. The Morgan fingerprint density at radius 2 is 1.62 bits per heavy atom. The average Bonchev–Trinajstić information content (AvgIpc) is 3.02. The largest absolute Gasteiger partial charge is 0.277 e. The molecule has 0 saturated carbocycles. The molecule has 3 aromatic rings. The van der Waals surface area contributed by atoms with Gasteiger partial charge in [0, 0.05) is 7.05 Å². The van der Waals surface area contributed by atoms with Crippen molar-refractivity contribution in [2.75, 3.05) is 7.05 Å². The third kappa shape index (κ3) is 1.53. The van der Waals surface area contributed by atoms with Gasteiger partial charge in [0.1, 0.15) is 5.52 Å². The fraction of sp³-hybridized carbons (Fsp3) is 0.0667. The van der Waals surface area contributed by atoms with E-state index in [2.05, 4.69) is 10.3 Å². The smallest absolute Gasteiger partial charge is 0.261 e. The summed E-state index contributed by atoms with van der Waals surface area (Å²) in [6, 6.07) is 12.8.